The minimum atomic E-state index is -0.472. The molecule has 2 N–H and O–H groups in total. The van der Waals surface area contributed by atoms with E-state index in [0.717, 1.165) is 12.8 Å². The van der Waals surface area contributed by atoms with E-state index in [1.165, 1.54) is 0 Å². The fourth-order valence-corrected chi connectivity index (χ4v) is 1.46. The van der Waals surface area contributed by atoms with Crippen LogP contribution in [0.5, 0.6) is 0 Å². The highest BCUT2D eigenvalue weighted by Gasteiger charge is 2.12. The Bertz CT molecular complexity index is 229. The number of nitrogens with zero attached hydrogens (tertiary/aromatic N) is 1. The summed E-state index contributed by atoms with van der Waals surface area (Å²) in [5.41, 5.74) is 0. The van der Waals surface area contributed by atoms with Gasteiger partial charge in [-0.15, -0.1) is 0 Å². The molecule has 0 aliphatic heterocycles. The van der Waals surface area contributed by atoms with Gasteiger partial charge in [0.15, 0.2) is 0 Å². The molecule has 0 unspecified atom stereocenters. The lowest BCUT2D eigenvalue weighted by Crippen LogP contribution is -2.34. The zero-order chi connectivity index (χ0) is 12.6. The van der Waals surface area contributed by atoms with Crippen LogP contribution in [0.15, 0.2) is 0 Å². The molecule has 0 heterocycles. The zero-order valence-corrected chi connectivity index (χ0v) is 10.3. The summed E-state index contributed by atoms with van der Waals surface area (Å²) in [7, 11) is 3.91. The van der Waals surface area contributed by atoms with Gasteiger partial charge in [0.1, 0.15) is 12.4 Å². The highest BCUT2D eigenvalue weighted by molar-refractivity contribution is 5.76. The highest BCUT2D eigenvalue weighted by Crippen LogP contribution is 2.07. The molecule has 0 saturated carbocycles. The van der Waals surface area contributed by atoms with Crippen LogP contribution in [-0.2, 0) is 9.59 Å². The Morgan fingerprint density at radius 3 is 2.38 bits per heavy atom. The largest absolute Gasteiger partial charge is 0.387 e. The van der Waals surface area contributed by atoms with Gasteiger partial charge >= 0.3 is 0 Å². The van der Waals surface area contributed by atoms with Gasteiger partial charge in [-0.3, -0.25) is 4.79 Å². The van der Waals surface area contributed by atoms with E-state index in [4.69, 9.17) is 5.11 Å². The van der Waals surface area contributed by atoms with Crippen LogP contribution in [0.25, 0.3) is 0 Å². The van der Waals surface area contributed by atoms with E-state index in [2.05, 4.69) is 5.32 Å². The quantitative estimate of drug-likeness (QED) is 0.605. The van der Waals surface area contributed by atoms with E-state index in [-0.39, 0.29) is 17.7 Å². The van der Waals surface area contributed by atoms with Crippen molar-refractivity contribution in [1.29, 1.82) is 0 Å². The summed E-state index contributed by atoms with van der Waals surface area (Å²) < 4.78 is 0. The third kappa shape index (κ3) is 7.36. The number of ketones is 1. The van der Waals surface area contributed by atoms with Gasteiger partial charge in [-0.2, -0.15) is 0 Å². The molecule has 0 radical (unpaired) electrons. The van der Waals surface area contributed by atoms with Crippen molar-refractivity contribution in [3.05, 3.63) is 0 Å². The molecule has 0 aromatic heterocycles. The summed E-state index contributed by atoms with van der Waals surface area (Å²) in [5.74, 6) is -0.171. The van der Waals surface area contributed by atoms with Crippen LogP contribution < -0.4 is 5.32 Å². The standard InChI is InChI=1S/C11H22N2O3/c1-9(15)4-5-10(13(2)3)6-7-12-11(16)8-14/h10,14H,4-8H2,1-3H3,(H,12,16)/t10-/m0/s1. The maximum atomic E-state index is 10.9. The number of amides is 1. The molecular formula is C11H22N2O3. The molecule has 0 saturated heterocycles. The van der Waals surface area contributed by atoms with E-state index >= 15 is 0 Å². The topological polar surface area (TPSA) is 69.6 Å². The molecule has 0 fully saturated rings. The Balaban J connectivity index is 3.85. The van der Waals surface area contributed by atoms with E-state index in [1.54, 1.807) is 6.92 Å². The van der Waals surface area contributed by atoms with Crippen LogP contribution in [0.2, 0.25) is 0 Å². The smallest absolute Gasteiger partial charge is 0.245 e. The van der Waals surface area contributed by atoms with Crippen molar-refractivity contribution in [2.45, 2.75) is 32.2 Å². The average molecular weight is 230 g/mol. The van der Waals surface area contributed by atoms with Gasteiger partial charge < -0.3 is 20.1 Å². The van der Waals surface area contributed by atoms with Crippen LogP contribution in [0, 0.1) is 0 Å². The molecule has 0 rings (SSSR count). The number of hydrogen-bond donors (Lipinski definition) is 2. The molecule has 0 aromatic rings. The number of hydrogen-bond acceptors (Lipinski definition) is 4. The van der Waals surface area contributed by atoms with Crippen molar-refractivity contribution in [2.75, 3.05) is 27.2 Å². The maximum absolute atomic E-state index is 10.9. The van der Waals surface area contributed by atoms with Crippen molar-refractivity contribution in [1.82, 2.24) is 10.2 Å². The molecule has 1 atom stereocenters. The summed E-state index contributed by atoms with van der Waals surface area (Å²) in [6.07, 6.45) is 2.15. The number of Topliss-reactive ketones (excluding diaryl/α,β-unsaturated/α-hetero) is 1. The van der Waals surface area contributed by atoms with Crippen LogP contribution >= 0.6 is 0 Å². The van der Waals surface area contributed by atoms with Gasteiger partial charge in [0, 0.05) is 19.0 Å². The predicted molar refractivity (Wildman–Crippen MR) is 62.1 cm³/mol. The number of carbonyl (C=O) groups is 2. The van der Waals surface area contributed by atoms with Crippen LogP contribution in [0.1, 0.15) is 26.2 Å². The lowest BCUT2D eigenvalue weighted by atomic mass is 10.1. The molecule has 0 aliphatic rings. The minimum absolute atomic E-state index is 0.186. The normalized spacial score (nSPS) is 12.6. The Labute approximate surface area is 96.8 Å². The van der Waals surface area contributed by atoms with Gasteiger partial charge in [0.25, 0.3) is 0 Å². The summed E-state index contributed by atoms with van der Waals surface area (Å²) >= 11 is 0. The first-order valence-corrected chi connectivity index (χ1v) is 5.50. The first-order valence-electron chi connectivity index (χ1n) is 5.50. The molecule has 1 amide bonds. The SMILES string of the molecule is CC(=O)CC[C@@H](CCNC(=O)CO)N(C)C. The number of aliphatic hydroxyl groups is 1. The summed E-state index contributed by atoms with van der Waals surface area (Å²) in [4.78, 5) is 23.7. The molecular weight excluding hydrogens is 208 g/mol. The summed E-state index contributed by atoms with van der Waals surface area (Å²) in [6, 6.07) is 0.280. The van der Waals surface area contributed by atoms with Crippen molar-refractivity contribution in [3.63, 3.8) is 0 Å². The summed E-state index contributed by atoms with van der Waals surface area (Å²) in [5, 5.41) is 11.1. The second kappa shape index (κ2) is 8.24. The van der Waals surface area contributed by atoms with E-state index < -0.39 is 6.61 Å². The molecule has 94 valence electrons. The van der Waals surface area contributed by atoms with Gasteiger partial charge in [-0.1, -0.05) is 0 Å². The van der Waals surface area contributed by atoms with Crippen molar-refractivity contribution >= 4 is 11.7 Å². The Kier molecular flexibility index (Phi) is 7.76. The fourth-order valence-electron chi connectivity index (χ4n) is 1.46. The van der Waals surface area contributed by atoms with Gasteiger partial charge in [-0.05, 0) is 33.9 Å². The van der Waals surface area contributed by atoms with Crippen molar-refractivity contribution in [2.24, 2.45) is 0 Å². The van der Waals surface area contributed by atoms with Crippen molar-refractivity contribution in [3.8, 4) is 0 Å². The number of aliphatic hydroxyl groups excluding tert-OH is 1. The van der Waals surface area contributed by atoms with E-state index in [1.807, 2.05) is 19.0 Å². The molecule has 0 spiro atoms. The maximum Gasteiger partial charge on any atom is 0.245 e. The van der Waals surface area contributed by atoms with E-state index in [9.17, 15) is 9.59 Å². The first-order chi connectivity index (χ1) is 7.47. The second-order valence-corrected chi connectivity index (χ2v) is 4.15. The fraction of sp³-hybridized carbons (Fsp3) is 0.818. The zero-order valence-electron chi connectivity index (χ0n) is 10.3. The second-order valence-electron chi connectivity index (χ2n) is 4.15. The molecule has 5 heteroatoms. The third-order valence-electron chi connectivity index (χ3n) is 2.50. The minimum Gasteiger partial charge on any atom is -0.387 e. The Hall–Kier alpha value is -0.940. The van der Waals surface area contributed by atoms with E-state index in [0.29, 0.717) is 13.0 Å². The van der Waals surface area contributed by atoms with Gasteiger partial charge in [-0.25, -0.2) is 0 Å². The van der Waals surface area contributed by atoms with Crippen LogP contribution in [0.3, 0.4) is 0 Å². The van der Waals surface area contributed by atoms with Crippen LogP contribution in [0.4, 0.5) is 0 Å². The highest BCUT2D eigenvalue weighted by atomic mass is 16.3. The number of rotatable bonds is 8. The van der Waals surface area contributed by atoms with Gasteiger partial charge in [0.2, 0.25) is 5.91 Å². The van der Waals surface area contributed by atoms with Crippen LogP contribution in [-0.4, -0.2) is 55.0 Å². The Morgan fingerprint density at radius 2 is 1.94 bits per heavy atom. The Morgan fingerprint density at radius 1 is 1.31 bits per heavy atom. The molecule has 0 aliphatic carbocycles. The summed E-state index contributed by atoms with van der Waals surface area (Å²) in [6.45, 7) is 1.64. The molecule has 16 heavy (non-hydrogen) atoms. The lowest BCUT2D eigenvalue weighted by molar-refractivity contribution is -0.124. The lowest BCUT2D eigenvalue weighted by Gasteiger charge is -2.23. The average Bonchev–Trinajstić information content (AvgIpc) is 2.21. The molecule has 0 bridgehead atoms. The van der Waals surface area contributed by atoms with Crippen molar-refractivity contribution < 1.29 is 14.7 Å². The monoisotopic (exact) mass is 230 g/mol. The predicted octanol–water partition coefficient (Wildman–Crippen LogP) is -0.216. The molecule has 5 nitrogen and oxygen atoms in total. The third-order valence-corrected chi connectivity index (χ3v) is 2.50. The molecule has 0 aromatic carbocycles. The number of nitrogens with one attached hydrogen (secondary N) is 1. The van der Waals surface area contributed by atoms with Gasteiger partial charge in [0.05, 0.1) is 0 Å². The first kappa shape index (κ1) is 15.1. The number of carbonyl (C=O) groups excluding carboxylic acids is 2.